The Morgan fingerprint density at radius 1 is 1.31 bits per heavy atom. The van der Waals surface area contributed by atoms with Gasteiger partial charge in [0.05, 0.1) is 5.60 Å². The molecule has 0 aliphatic heterocycles. The smallest absolute Gasteiger partial charge is 0.129 e. The molecule has 2 rings (SSSR count). The first-order valence-electron chi connectivity index (χ1n) is 4.25. The fourth-order valence-electron chi connectivity index (χ4n) is 1.34. The fraction of sp³-hybridized carbons (Fsp3) is 0.400. The molecular formula is C10H10F2O. The Balaban J connectivity index is 2.20. The van der Waals surface area contributed by atoms with Crippen LogP contribution in [0, 0.1) is 11.6 Å². The first-order chi connectivity index (χ1) is 6.09. The van der Waals surface area contributed by atoms with E-state index in [1.165, 1.54) is 12.1 Å². The fourth-order valence-corrected chi connectivity index (χ4v) is 1.34. The average Bonchev–Trinajstić information content (AvgIpc) is 2.75. The SMILES string of the molecule is OC1(Cc2ccc(F)cc2F)CC1. The van der Waals surface area contributed by atoms with E-state index in [4.69, 9.17) is 0 Å². The van der Waals surface area contributed by atoms with Gasteiger partial charge in [0.2, 0.25) is 0 Å². The van der Waals surface area contributed by atoms with Crippen LogP contribution in [0.25, 0.3) is 0 Å². The monoisotopic (exact) mass is 184 g/mol. The molecule has 70 valence electrons. The lowest BCUT2D eigenvalue weighted by molar-refractivity contribution is 0.149. The van der Waals surface area contributed by atoms with E-state index in [0.29, 0.717) is 24.8 Å². The Morgan fingerprint density at radius 2 is 2.00 bits per heavy atom. The van der Waals surface area contributed by atoms with Crippen LogP contribution in [0.1, 0.15) is 18.4 Å². The van der Waals surface area contributed by atoms with E-state index < -0.39 is 17.2 Å². The zero-order valence-corrected chi connectivity index (χ0v) is 7.06. The van der Waals surface area contributed by atoms with Crippen molar-refractivity contribution in [2.45, 2.75) is 24.9 Å². The second-order valence-corrected chi connectivity index (χ2v) is 3.64. The Bertz CT molecular complexity index is 332. The zero-order valence-electron chi connectivity index (χ0n) is 7.06. The normalized spacial score (nSPS) is 18.7. The van der Waals surface area contributed by atoms with Crippen LogP contribution in [0.15, 0.2) is 18.2 Å². The second-order valence-electron chi connectivity index (χ2n) is 3.64. The number of benzene rings is 1. The van der Waals surface area contributed by atoms with Gasteiger partial charge >= 0.3 is 0 Å². The molecule has 3 heteroatoms. The maximum absolute atomic E-state index is 13.1. The molecule has 1 aliphatic rings. The zero-order chi connectivity index (χ0) is 9.47. The maximum Gasteiger partial charge on any atom is 0.129 e. The van der Waals surface area contributed by atoms with Crippen LogP contribution < -0.4 is 0 Å². The largest absolute Gasteiger partial charge is 0.390 e. The standard InChI is InChI=1S/C10H10F2O/c11-8-2-1-7(9(12)5-8)6-10(13)3-4-10/h1-2,5,13H,3-4,6H2. The van der Waals surface area contributed by atoms with E-state index in [-0.39, 0.29) is 0 Å². The molecule has 0 aromatic heterocycles. The molecule has 1 nitrogen and oxygen atoms in total. The summed E-state index contributed by atoms with van der Waals surface area (Å²) in [5, 5.41) is 9.52. The van der Waals surface area contributed by atoms with Crippen molar-refractivity contribution in [3.05, 3.63) is 35.4 Å². The summed E-state index contributed by atoms with van der Waals surface area (Å²) in [4.78, 5) is 0. The summed E-state index contributed by atoms with van der Waals surface area (Å²) in [6.45, 7) is 0. The molecule has 0 atom stereocenters. The highest BCUT2D eigenvalue weighted by Gasteiger charge is 2.40. The molecule has 1 N–H and O–H groups in total. The molecule has 1 fully saturated rings. The molecule has 0 spiro atoms. The lowest BCUT2D eigenvalue weighted by Crippen LogP contribution is -2.11. The molecule has 1 saturated carbocycles. The molecule has 0 radical (unpaired) electrons. The number of halogens is 2. The van der Waals surface area contributed by atoms with E-state index in [2.05, 4.69) is 0 Å². The summed E-state index contributed by atoms with van der Waals surface area (Å²) in [7, 11) is 0. The van der Waals surface area contributed by atoms with Gasteiger partial charge in [0, 0.05) is 12.5 Å². The van der Waals surface area contributed by atoms with E-state index in [9.17, 15) is 13.9 Å². The number of hydrogen-bond acceptors (Lipinski definition) is 1. The molecule has 13 heavy (non-hydrogen) atoms. The van der Waals surface area contributed by atoms with Gasteiger partial charge in [-0.3, -0.25) is 0 Å². The third-order valence-electron chi connectivity index (χ3n) is 2.36. The molecule has 0 bridgehead atoms. The van der Waals surface area contributed by atoms with E-state index in [1.54, 1.807) is 0 Å². The van der Waals surface area contributed by atoms with Gasteiger partial charge in [-0.05, 0) is 24.5 Å². The van der Waals surface area contributed by atoms with Crippen molar-refractivity contribution in [1.29, 1.82) is 0 Å². The third-order valence-corrected chi connectivity index (χ3v) is 2.36. The van der Waals surface area contributed by atoms with Crippen LogP contribution in [0.4, 0.5) is 8.78 Å². The van der Waals surface area contributed by atoms with Gasteiger partial charge in [0.1, 0.15) is 11.6 Å². The van der Waals surface area contributed by atoms with Crippen LogP contribution in [-0.4, -0.2) is 10.7 Å². The first-order valence-corrected chi connectivity index (χ1v) is 4.25. The van der Waals surface area contributed by atoms with Gasteiger partial charge in [0.25, 0.3) is 0 Å². The van der Waals surface area contributed by atoms with Gasteiger partial charge in [-0.1, -0.05) is 6.07 Å². The minimum Gasteiger partial charge on any atom is -0.390 e. The highest BCUT2D eigenvalue weighted by molar-refractivity contribution is 5.22. The molecular weight excluding hydrogens is 174 g/mol. The summed E-state index contributed by atoms with van der Waals surface area (Å²) in [6, 6.07) is 3.45. The highest BCUT2D eigenvalue weighted by atomic mass is 19.1. The lowest BCUT2D eigenvalue weighted by Gasteiger charge is -2.07. The molecule has 1 aromatic carbocycles. The first kappa shape index (κ1) is 8.63. The molecule has 0 amide bonds. The van der Waals surface area contributed by atoms with Crippen LogP contribution in [0.5, 0.6) is 0 Å². The summed E-state index contributed by atoms with van der Waals surface area (Å²) in [5.74, 6) is -1.15. The van der Waals surface area contributed by atoms with E-state index >= 15 is 0 Å². The number of aliphatic hydroxyl groups is 1. The van der Waals surface area contributed by atoms with Gasteiger partial charge in [-0.25, -0.2) is 8.78 Å². The average molecular weight is 184 g/mol. The van der Waals surface area contributed by atoms with Crippen LogP contribution >= 0.6 is 0 Å². The quantitative estimate of drug-likeness (QED) is 0.745. The van der Waals surface area contributed by atoms with Crippen molar-refractivity contribution in [3.63, 3.8) is 0 Å². The van der Waals surface area contributed by atoms with Crippen molar-refractivity contribution in [1.82, 2.24) is 0 Å². The minimum atomic E-state index is -0.724. The van der Waals surface area contributed by atoms with E-state index in [0.717, 1.165) is 6.07 Å². The van der Waals surface area contributed by atoms with Crippen molar-refractivity contribution >= 4 is 0 Å². The molecule has 0 unspecified atom stereocenters. The highest BCUT2D eigenvalue weighted by Crippen LogP contribution is 2.38. The van der Waals surface area contributed by atoms with Gasteiger partial charge in [-0.2, -0.15) is 0 Å². The van der Waals surface area contributed by atoms with Gasteiger partial charge < -0.3 is 5.11 Å². The Kier molecular flexibility index (Phi) is 1.84. The number of hydrogen-bond donors (Lipinski definition) is 1. The molecule has 1 aliphatic carbocycles. The lowest BCUT2D eigenvalue weighted by atomic mass is 10.1. The number of rotatable bonds is 2. The van der Waals surface area contributed by atoms with Crippen molar-refractivity contribution in [3.8, 4) is 0 Å². The van der Waals surface area contributed by atoms with Crippen molar-refractivity contribution in [2.24, 2.45) is 0 Å². The molecule has 0 heterocycles. The maximum atomic E-state index is 13.1. The Labute approximate surface area is 75.0 Å². The third kappa shape index (κ3) is 1.86. The molecule has 1 aromatic rings. The summed E-state index contributed by atoms with van der Waals surface area (Å²) >= 11 is 0. The van der Waals surface area contributed by atoms with Gasteiger partial charge in [0.15, 0.2) is 0 Å². The Morgan fingerprint density at radius 3 is 2.54 bits per heavy atom. The summed E-state index contributed by atoms with van der Waals surface area (Å²) < 4.78 is 25.6. The van der Waals surface area contributed by atoms with Crippen LogP contribution in [-0.2, 0) is 6.42 Å². The summed E-state index contributed by atoms with van der Waals surface area (Å²) in [6.07, 6.45) is 1.72. The molecule has 0 saturated heterocycles. The Hall–Kier alpha value is -0.960. The van der Waals surface area contributed by atoms with E-state index in [1.807, 2.05) is 0 Å². The van der Waals surface area contributed by atoms with Gasteiger partial charge in [-0.15, -0.1) is 0 Å². The topological polar surface area (TPSA) is 20.2 Å². The predicted molar refractivity (Wildman–Crippen MR) is 44.2 cm³/mol. The van der Waals surface area contributed by atoms with Crippen molar-refractivity contribution in [2.75, 3.05) is 0 Å². The predicted octanol–water partition coefficient (Wildman–Crippen LogP) is 2.03. The second kappa shape index (κ2) is 2.77. The van der Waals surface area contributed by atoms with Crippen molar-refractivity contribution < 1.29 is 13.9 Å². The minimum absolute atomic E-state index is 0.291. The van der Waals surface area contributed by atoms with Crippen LogP contribution in [0.2, 0.25) is 0 Å². The summed E-state index contributed by atoms with van der Waals surface area (Å²) in [5.41, 5.74) is -0.333. The van der Waals surface area contributed by atoms with Crippen LogP contribution in [0.3, 0.4) is 0 Å².